The number of halogens is 1. The fourth-order valence-electron chi connectivity index (χ4n) is 2.77. The quantitative estimate of drug-likeness (QED) is 0.831. The maximum Gasteiger partial charge on any atom is 0.329 e. The first-order chi connectivity index (χ1) is 9.17. The van der Waals surface area contributed by atoms with Crippen LogP contribution >= 0.6 is 11.6 Å². The molecule has 3 rings (SSSR count). The lowest BCUT2D eigenvalue weighted by Gasteiger charge is -2.13. The molecule has 0 radical (unpaired) electrons. The Kier molecular flexibility index (Phi) is 2.97. The number of fused-ring (bicyclic) bond motifs is 2. The average Bonchev–Trinajstić information content (AvgIpc) is 2.67. The molecule has 0 aliphatic carbocycles. The molecule has 1 aromatic carbocycles. The number of benzene rings is 1. The average molecular weight is 278 g/mol. The molecule has 4 nitrogen and oxygen atoms in total. The van der Waals surface area contributed by atoms with E-state index in [1.165, 1.54) is 5.56 Å². The highest BCUT2D eigenvalue weighted by Gasteiger charge is 2.18. The number of hydrogen-bond acceptors (Lipinski definition) is 2. The van der Waals surface area contributed by atoms with E-state index in [0.29, 0.717) is 18.3 Å². The van der Waals surface area contributed by atoms with Crippen molar-refractivity contribution in [3.63, 3.8) is 0 Å². The van der Waals surface area contributed by atoms with Crippen molar-refractivity contribution in [1.82, 2.24) is 9.13 Å². The Bertz CT molecular complexity index is 739. The highest BCUT2D eigenvalue weighted by molar-refractivity contribution is 6.70. The summed E-state index contributed by atoms with van der Waals surface area (Å²) in [5, 5.41) is 0.558. The summed E-state index contributed by atoms with van der Waals surface area (Å²) in [6.07, 6.45) is 0.886. The maximum atomic E-state index is 12.3. The molecule has 0 saturated heterocycles. The third kappa shape index (κ3) is 1.74. The van der Waals surface area contributed by atoms with Gasteiger partial charge in [-0.15, -0.1) is 0 Å². The molecule has 0 fully saturated rings. The summed E-state index contributed by atoms with van der Waals surface area (Å²) in [5.41, 5.74) is 4.15. The first-order valence-corrected chi connectivity index (χ1v) is 7.01. The predicted octanol–water partition coefficient (Wildman–Crippen LogP) is 2.38. The largest absolute Gasteiger partial charge is 0.329 e. The Hall–Kier alpha value is -1.55. The Morgan fingerprint density at radius 1 is 1.21 bits per heavy atom. The van der Waals surface area contributed by atoms with Crippen molar-refractivity contribution >= 4 is 27.8 Å². The van der Waals surface area contributed by atoms with Crippen molar-refractivity contribution in [2.75, 3.05) is 6.54 Å². The second-order valence-corrected chi connectivity index (χ2v) is 5.05. The van der Waals surface area contributed by atoms with E-state index >= 15 is 0 Å². The fourth-order valence-corrected chi connectivity index (χ4v) is 3.03. The van der Waals surface area contributed by atoms with Gasteiger partial charge in [0.15, 0.2) is 0 Å². The van der Waals surface area contributed by atoms with Crippen LogP contribution in [0.1, 0.15) is 25.0 Å². The van der Waals surface area contributed by atoms with E-state index in [-0.39, 0.29) is 5.69 Å². The van der Waals surface area contributed by atoms with Gasteiger partial charge >= 0.3 is 5.69 Å². The topological polar surface area (TPSA) is 39.3 Å². The predicted molar refractivity (Wildman–Crippen MR) is 78.5 cm³/mol. The molecule has 0 amide bonds. The SMILES string of the molecule is CCn1c(=O)n(CC)c2cc3c(cc21)CCN=C3Cl. The van der Waals surface area contributed by atoms with E-state index in [0.717, 1.165) is 29.6 Å². The van der Waals surface area contributed by atoms with Crippen molar-refractivity contribution in [2.24, 2.45) is 4.99 Å². The van der Waals surface area contributed by atoms with Crippen molar-refractivity contribution in [2.45, 2.75) is 33.4 Å². The Morgan fingerprint density at radius 3 is 2.47 bits per heavy atom. The van der Waals surface area contributed by atoms with E-state index in [9.17, 15) is 4.79 Å². The molecule has 0 atom stereocenters. The van der Waals surface area contributed by atoms with Gasteiger partial charge in [-0.1, -0.05) is 11.6 Å². The van der Waals surface area contributed by atoms with Crippen LogP contribution in [0, 0.1) is 0 Å². The monoisotopic (exact) mass is 277 g/mol. The molecule has 2 heterocycles. The number of aliphatic imine (C=N–C) groups is 1. The smallest absolute Gasteiger partial charge is 0.292 e. The van der Waals surface area contributed by atoms with Gasteiger partial charge in [-0.3, -0.25) is 14.1 Å². The number of aromatic nitrogens is 2. The van der Waals surface area contributed by atoms with Gasteiger partial charge in [0, 0.05) is 25.2 Å². The number of rotatable bonds is 2. The van der Waals surface area contributed by atoms with Crippen molar-refractivity contribution in [3.05, 3.63) is 33.7 Å². The summed E-state index contributed by atoms with van der Waals surface area (Å²) in [4.78, 5) is 16.6. The van der Waals surface area contributed by atoms with Crippen LogP contribution in [0.25, 0.3) is 11.0 Å². The van der Waals surface area contributed by atoms with Crippen LogP contribution < -0.4 is 5.69 Å². The summed E-state index contributed by atoms with van der Waals surface area (Å²) in [7, 11) is 0. The summed E-state index contributed by atoms with van der Waals surface area (Å²) < 4.78 is 3.61. The summed E-state index contributed by atoms with van der Waals surface area (Å²) in [6.45, 7) is 6.05. The maximum absolute atomic E-state index is 12.3. The van der Waals surface area contributed by atoms with Gasteiger partial charge in [0.05, 0.1) is 11.0 Å². The zero-order chi connectivity index (χ0) is 13.6. The van der Waals surface area contributed by atoms with E-state index in [1.54, 1.807) is 4.57 Å². The van der Waals surface area contributed by atoms with Gasteiger partial charge < -0.3 is 0 Å². The minimum absolute atomic E-state index is 0.0513. The molecule has 0 N–H and O–H groups in total. The van der Waals surface area contributed by atoms with E-state index in [4.69, 9.17) is 11.6 Å². The van der Waals surface area contributed by atoms with Crippen molar-refractivity contribution in [1.29, 1.82) is 0 Å². The Labute approximate surface area is 116 Å². The molecular weight excluding hydrogens is 262 g/mol. The number of hydrogen-bond donors (Lipinski definition) is 0. The van der Waals surface area contributed by atoms with Crippen LogP contribution in [0.3, 0.4) is 0 Å². The Balaban J connectivity index is 2.41. The zero-order valence-electron chi connectivity index (χ0n) is 11.1. The van der Waals surface area contributed by atoms with Crippen LogP contribution in [0.5, 0.6) is 0 Å². The van der Waals surface area contributed by atoms with E-state index in [2.05, 4.69) is 11.1 Å². The molecule has 0 unspecified atom stereocenters. The Morgan fingerprint density at radius 2 is 1.84 bits per heavy atom. The summed E-state index contributed by atoms with van der Waals surface area (Å²) >= 11 is 6.18. The first kappa shape index (κ1) is 12.5. The van der Waals surface area contributed by atoms with Crippen LogP contribution in [-0.2, 0) is 19.5 Å². The first-order valence-electron chi connectivity index (χ1n) is 6.63. The van der Waals surface area contributed by atoms with Crippen LogP contribution in [0.4, 0.5) is 0 Å². The van der Waals surface area contributed by atoms with E-state index < -0.39 is 0 Å². The molecule has 0 spiro atoms. The second kappa shape index (κ2) is 4.53. The highest BCUT2D eigenvalue weighted by atomic mass is 35.5. The molecule has 2 aromatic rings. The third-order valence-electron chi connectivity index (χ3n) is 3.73. The van der Waals surface area contributed by atoms with Gasteiger partial charge in [0.1, 0.15) is 5.17 Å². The summed E-state index contributed by atoms with van der Waals surface area (Å²) in [6, 6.07) is 4.10. The molecule has 100 valence electrons. The van der Waals surface area contributed by atoms with Crippen LogP contribution in [0.2, 0.25) is 0 Å². The van der Waals surface area contributed by atoms with Gasteiger partial charge in [-0.25, -0.2) is 4.79 Å². The number of aryl methyl sites for hydroxylation is 2. The lowest BCUT2D eigenvalue weighted by Crippen LogP contribution is -2.23. The van der Waals surface area contributed by atoms with Crippen LogP contribution in [-0.4, -0.2) is 20.8 Å². The van der Waals surface area contributed by atoms with Crippen molar-refractivity contribution in [3.8, 4) is 0 Å². The van der Waals surface area contributed by atoms with Crippen LogP contribution in [0.15, 0.2) is 21.9 Å². The highest BCUT2D eigenvalue weighted by Crippen LogP contribution is 2.24. The van der Waals surface area contributed by atoms with Gasteiger partial charge in [-0.2, -0.15) is 0 Å². The fraction of sp³-hybridized carbons (Fsp3) is 0.429. The molecule has 1 aliphatic rings. The minimum atomic E-state index is 0.0513. The zero-order valence-corrected chi connectivity index (χ0v) is 11.9. The lowest BCUT2D eigenvalue weighted by molar-refractivity contribution is 0.670. The molecule has 0 saturated carbocycles. The number of imidazole rings is 1. The molecule has 1 aromatic heterocycles. The normalized spacial score (nSPS) is 14.6. The van der Waals surface area contributed by atoms with Gasteiger partial charge in [0.2, 0.25) is 0 Å². The van der Waals surface area contributed by atoms with Gasteiger partial charge in [-0.05, 0) is 38.0 Å². The summed E-state index contributed by atoms with van der Waals surface area (Å²) in [5.74, 6) is 0. The molecular formula is C14H16ClN3O. The van der Waals surface area contributed by atoms with Crippen molar-refractivity contribution < 1.29 is 0 Å². The third-order valence-corrected chi connectivity index (χ3v) is 4.05. The lowest BCUT2D eigenvalue weighted by atomic mass is 10.0. The van der Waals surface area contributed by atoms with E-state index in [1.807, 2.05) is 24.5 Å². The molecule has 19 heavy (non-hydrogen) atoms. The molecule has 5 heteroatoms. The molecule has 1 aliphatic heterocycles. The second-order valence-electron chi connectivity index (χ2n) is 4.69. The number of nitrogens with zero attached hydrogens (tertiary/aromatic N) is 3. The molecule has 0 bridgehead atoms. The van der Waals surface area contributed by atoms with Gasteiger partial charge in [0.25, 0.3) is 0 Å². The minimum Gasteiger partial charge on any atom is -0.292 e. The standard InChI is InChI=1S/C14H16ClN3O/c1-3-17-11-7-9-5-6-16-13(15)10(9)8-12(11)18(4-2)14(17)19/h7-8H,3-6H2,1-2H3.